The van der Waals surface area contributed by atoms with Crippen molar-refractivity contribution in [3.05, 3.63) is 54.1 Å². The Morgan fingerprint density at radius 3 is 2.43 bits per heavy atom. The Morgan fingerprint density at radius 2 is 1.71 bits per heavy atom. The Kier molecular flexibility index (Phi) is 6.31. The van der Waals surface area contributed by atoms with Crippen LogP contribution in [-0.4, -0.2) is 29.2 Å². The molecule has 0 bridgehead atoms. The Balaban J connectivity index is 1.58. The molecule has 148 valence electrons. The minimum atomic E-state index is -1.47. The molecule has 1 fully saturated rings. The van der Waals surface area contributed by atoms with Crippen LogP contribution in [0.4, 0.5) is 5.69 Å². The number of aliphatic hydroxyl groups is 1. The standard InChI is InChI=1S/C22H25NO5/c1-16-9-11-17(12-10-16)28-19-8-4-3-7-18(19)23-20(24)15-27-21(25)22(26)13-5-2-6-14-22/h3-4,7-12,26H,2,5-6,13-15H2,1H3,(H,23,24). The number of ether oxygens (including phenoxy) is 2. The molecule has 0 spiro atoms. The van der Waals surface area contributed by atoms with Gasteiger partial charge in [0, 0.05) is 0 Å². The first-order valence-corrected chi connectivity index (χ1v) is 9.49. The topological polar surface area (TPSA) is 84.9 Å². The van der Waals surface area contributed by atoms with Gasteiger partial charge in [0.15, 0.2) is 18.0 Å². The number of anilines is 1. The lowest BCUT2D eigenvalue weighted by Crippen LogP contribution is -2.42. The van der Waals surface area contributed by atoms with Gasteiger partial charge in [0.1, 0.15) is 5.75 Å². The number of rotatable bonds is 6. The molecule has 0 aromatic heterocycles. The van der Waals surface area contributed by atoms with E-state index < -0.39 is 24.1 Å². The summed E-state index contributed by atoms with van der Waals surface area (Å²) in [7, 11) is 0. The fourth-order valence-electron chi connectivity index (χ4n) is 3.18. The first-order chi connectivity index (χ1) is 13.5. The molecule has 0 atom stereocenters. The van der Waals surface area contributed by atoms with Crippen molar-refractivity contribution in [2.75, 3.05) is 11.9 Å². The average molecular weight is 383 g/mol. The highest BCUT2D eigenvalue weighted by atomic mass is 16.6. The summed E-state index contributed by atoms with van der Waals surface area (Å²) in [6.07, 6.45) is 3.30. The highest BCUT2D eigenvalue weighted by molar-refractivity contribution is 5.94. The summed E-state index contributed by atoms with van der Waals surface area (Å²) in [5.41, 5.74) is 0.126. The highest BCUT2D eigenvalue weighted by Crippen LogP contribution is 2.30. The molecule has 0 heterocycles. The zero-order valence-corrected chi connectivity index (χ0v) is 15.9. The predicted molar refractivity (Wildman–Crippen MR) is 105 cm³/mol. The van der Waals surface area contributed by atoms with Gasteiger partial charge in [0.2, 0.25) is 0 Å². The van der Waals surface area contributed by atoms with Crippen molar-refractivity contribution in [1.29, 1.82) is 0 Å². The molecule has 6 heteroatoms. The van der Waals surface area contributed by atoms with Gasteiger partial charge in [-0.15, -0.1) is 0 Å². The molecular formula is C22H25NO5. The minimum Gasteiger partial charge on any atom is -0.455 e. The van der Waals surface area contributed by atoms with Crippen LogP contribution in [0.15, 0.2) is 48.5 Å². The number of aryl methyl sites for hydroxylation is 1. The van der Waals surface area contributed by atoms with Crippen molar-refractivity contribution in [2.45, 2.75) is 44.6 Å². The Labute approximate surface area is 164 Å². The van der Waals surface area contributed by atoms with Gasteiger partial charge in [-0.3, -0.25) is 4.79 Å². The van der Waals surface area contributed by atoms with Gasteiger partial charge in [-0.2, -0.15) is 0 Å². The molecule has 2 aromatic rings. The molecule has 0 radical (unpaired) electrons. The molecule has 0 saturated heterocycles. The number of benzene rings is 2. The van der Waals surface area contributed by atoms with E-state index in [0.29, 0.717) is 30.0 Å². The van der Waals surface area contributed by atoms with Crippen LogP contribution in [0.2, 0.25) is 0 Å². The Morgan fingerprint density at radius 1 is 1.04 bits per heavy atom. The van der Waals surface area contributed by atoms with Crippen molar-refractivity contribution in [2.24, 2.45) is 0 Å². The highest BCUT2D eigenvalue weighted by Gasteiger charge is 2.38. The summed E-state index contributed by atoms with van der Waals surface area (Å²) in [5.74, 6) is -0.0885. The van der Waals surface area contributed by atoms with Crippen LogP contribution in [0.25, 0.3) is 0 Å². The van der Waals surface area contributed by atoms with E-state index in [-0.39, 0.29) is 0 Å². The lowest BCUT2D eigenvalue weighted by atomic mass is 9.85. The predicted octanol–water partition coefficient (Wildman–Crippen LogP) is 3.96. The molecular weight excluding hydrogens is 358 g/mol. The summed E-state index contributed by atoms with van der Waals surface area (Å²) in [5, 5.41) is 13.0. The van der Waals surface area contributed by atoms with Gasteiger partial charge >= 0.3 is 5.97 Å². The molecule has 0 unspecified atom stereocenters. The number of esters is 1. The van der Waals surface area contributed by atoms with Crippen LogP contribution in [0.1, 0.15) is 37.7 Å². The third-order valence-electron chi connectivity index (χ3n) is 4.80. The largest absolute Gasteiger partial charge is 0.455 e. The smallest absolute Gasteiger partial charge is 0.338 e. The van der Waals surface area contributed by atoms with E-state index in [4.69, 9.17) is 9.47 Å². The molecule has 0 aliphatic heterocycles. The van der Waals surface area contributed by atoms with Crippen molar-refractivity contribution < 1.29 is 24.2 Å². The zero-order valence-electron chi connectivity index (χ0n) is 15.9. The molecule has 2 aromatic carbocycles. The maximum Gasteiger partial charge on any atom is 0.338 e. The minimum absolute atomic E-state index is 0.376. The Bertz CT molecular complexity index is 825. The van der Waals surface area contributed by atoms with Crippen molar-refractivity contribution in [3.8, 4) is 11.5 Å². The summed E-state index contributed by atoms with van der Waals surface area (Å²) >= 11 is 0. The van der Waals surface area contributed by atoms with E-state index in [1.807, 2.05) is 31.2 Å². The molecule has 1 aliphatic carbocycles. The number of hydrogen-bond acceptors (Lipinski definition) is 5. The maximum atomic E-state index is 12.2. The number of amides is 1. The average Bonchev–Trinajstić information content (AvgIpc) is 2.70. The first-order valence-electron chi connectivity index (χ1n) is 9.49. The van der Waals surface area contributed by atoms with Crippen molar-refractivity contribution in [3.63, 3.8) is 0 Å². The van der Waals surface area contributed by atoms with E-state index in [9.17, 15) is 14.7 Å². The van der Waals surface area contributed by atoms with E-state index in [1.54, 1.807) is 24.3 Å². The van der Waals surface area contributed by atoms with E-state index in [1.165, 1.54) is 0 Å². The lowest BCUT2D eigenvalue weighted by Gasteiger charge is -2.29. The molecule has 6 nitrogen and oxygen atoms in total. The number of nitrogens with one attached hydrogen (secondary N) is 1. The SMILES string of the molecule is Cc1ccc(Oc2ccccc2NC(=O)COC(=O)C2(O)CCCCC2)cc1. The fourth-order valence-corrected chi connectivity index (χ4v) is 3.18. The van der Waals surface area contributed by atoms with Crippen LogP contribution >= 0.6 is 0 Å². The number of para-hydroxylation sites is 2. The number of hydrogen-bond donors (Lipinski definition) is 2. The third-order valence-corrected chi connectivity index (χ3v) is 4.80. The maximum absolute atomic E-state index is 12.2. The monoisotopic (exact) mass is 383 g/mol. The molecule has 28 heavy (non-hydrogen) atoms. The summed E-state index contributed by atoms with van der Waals surface area (Å²) in [6.45, 7) is 1.53. The van der Waals surface area contributed by atoms with Crippen molar-refractivity contribution >= 4 is 17.6 Å². The van der Waals surface area contributed by atoms with Gasteiger partial charge in [0.05, 0.1) is 5.69 Å². The molecule has 1 saturated carbocycles. The summed E-state index contributed by atoms with van der Waals surface area (Å²) in [6, 6.07) is 14.6. The number of carbonyl (C=O) groups excluding carboxylic acids is 2. The second-order valence-electron chi connectivity index (χ2n) is 7.13. The van der Waals surface area contributed by atoms with E-state index in [0.717, 1.165) is 24.8 Å². The van der Waals surface area contributed by atoms with E-state index in [2.05, 4.69) is 5.32 Å². The zero-order chi connectivity index (χ0) is 20.0. The van der Waals surface area contributed by atoms with Crippen LogP contribution in [0, 0.1) is 6.92 Å². The van der Waals surface area contributed by atoms with Gasteiger partial charge in [-0.1, -0.05) is 36.2 Å². The molecule has 1 aliphatic rings. The lowest BCUT2D eigenvalue weighted by molar-refractivity contribution is -0.170. The van der Waals surface area contributed by atoms with Gasteiger partial charge in [-0.25, -0.2) is 4.79 Å². The normalized spacial score (nSPS) is 15.5. The second kappa shape index (κ2) is 8.89. The molecule has 2 N–H and O–H groups in total. The van der Waals surface area contributed by atoms with Gasteiger partial charge in [-0.05, 0) is 56.9 Å². The van der Waals surface area contributed by atoms with Gasteiger partial charge < -0.3 is 19.9 Å². The van der Waals surface area contributed by atoms with Gasteiger partial charge in [0.25, 0.3) is 5.91 Å². The third kappa shape index (κ3) is 5.10. The Hall–Kier alpha value is -2.86. The van der Waals surface area contributed by atoms with Crippen LogP contribution in [0.3, 0.4) is 0 Å². The van der Waals surface area contributed by atoms with Crippen LogP contribution in [-0.2, 0) is 14.3 Å². The van der Waals surface area contributed by atoms with Crippen LogP contribution in [0.5, 0.6) is 11.5 Å². The summed E-state index contributed by atoms with van der Waals surface area (Å²) < 4.78 is 10.9. The van der Waals surface area contributed by atoms with E-state index >= 15 is 0 Å². The number of carbonyl (C=O) groups is 2. The quantitative estimate of drug-likeness (QED) is 0.738. The molecule has 3 rings (SSSR count). The fraction of sp³-hybridized carbons (Fsp3) is 0.364. The molecule has 1 amide bonds. The second-order valence-corrected chi connectivity index (χ2v) is 7.13. The van der Waals surface area contributed by atoms with Crippen molar-refractivity contribution in [1.82, 2.24) is 0 Å². The van der Waals surface area contributed by atoms with Crippen LogP contribution < -0.4 is 10.1 Å². The first kappa shape index (κ1) is 19.9. The summed E-state index contributed by atoms with van der Waals surface area (Å²) in [4.78, 5) is 24.4.